The molecule has 1 atom stereocenters. The molecule has 17 heavy (non-hydrogen) atoms. The number of hydrogen-bond donors (Lipinski definition) is 1. The van der Waals surface area contributed by atoms with Gasteiger partial charge in [-0.1, -0.05) is 19.1 Å². The molecule has 2 rings (SSSR count). The lowest BCUT2D eigenvalue weighted by Gasteiger charge is -2.17. The zero-order valence-corrected chi connectivity index (χ0v) is 10.2. The normalized spacial score (nSPS) is 13.2. The van der Waals surface area contributed by atoms with Crippen LogP contribution in [0.2, 0.25) is 0 Å². The molecule has 0 amide bonds. The van der Waals surface area contributed by atoms with Crippen LogP contribution in [0.5, 0.6) is 0 Å². The summed E-state index contributed by atoms with van der Waals surface area (Å²) in [5.41, 5.74) is 7.21. The van der Waals surface area contributed by atoms with E-state index < -0.39 is 0 Å². The van der Waals surface area contributed by atoms with Crippen LogP contribution in [-0.4, -0.2) is 24.5 Å². The summed E-state index contributed by atoms with van der Waals surface area (Å²) in [4.78, 5) is 4.16. The van der Waals surface area contributed by atoms with Gasteiger partial charge >= 0.3 is 0 Å². The lowest BCUT2D eigenvalue weighted by atomic mass is 10.0. The van der Waals surface area contributed by atoms with Gasteiger partial charge in [0.15, 0.2) is 0 Å². The van der Waals surface area contributed by atoms with Crippen LogP contribution in [0.1, 0.15) is 25.6 Å². The lowest BCUT2D eigenvalue weighted by Crippen LogP contribution is -2.21. The Morgan fingerprint density at radius 3 is 2.82 bits per heavy atom. The molecule has 0 aliphatic rings. The Kier molecular flexibility index (Phi) is 3.53. The first-order valence-electron chi connectivity index (χ1n) is 5.78. The maximum Gasteiger partial charge on any atom is 0.0949 e. The van der Waals surface area contributed by atoms with Crippen molar-refractivity contribution in [1.82, 2.24) is 24.5 Å². The fraction of sp³-hybridized carbons (Fsp3) is 0.545. The number of hydrogen-bond acceptors (Lipinski definition) is 4. The Balaban J connectivity index is 2.04. The summed E-state index contributed by atoms with van der Waals surface area (Å²) in [7, 11) is 0. The minimum Gasteiger partial charge on any atom is -0.331 e. The van der Waals surface area contributed by atoms with Crippen LogP contribution >= 0.6 is 0 Å². The SMILES string of the molecule is CC(C)C(N)c1cncn1CCn1ccnn1. The largest absolute Gasteiger partial charge is 0.331 e. The van der Waals surface area contributed by atoms with E-state index >= 15 is 0 Å². The van der Waals surface area contributed by atoms with Crippen LogP contribution in [0.3, 0.4) is 0 Å². The number of aromatic nitrogens is 5. The third kappa shape index (κ3) is 2.71. The minimum atomic E-state index is 0.0215. The zero-order chi connectivity index (χ0) is 12.3. The molecule has 0 fully saturated rings. The predicted molar refractivity (Wildman–Crippen MR) is 64.0 cm³/mol. The van der Waals surface area contributed by atoms with Gasteiger partial charge in [0.25, 0.3) is 0 Å². The van der Waals surface area contributed by atoms with E-state index in [1.165, 1.54) is 0 Å². The average molecular weight is 234 g/mol. The highest BCUT2D eigenvalue weighted by molar-refractivity contribution is 5.05. The molecular weight excluding hydrogens is 216 g/mol. The molecule has 2 N–H and O–H groups in total. The Morgan fingerprint density at radius 2 is 2.18 bits per heavy atom. The Morgan fingerprint density at radius 1 is 1.35 bits per heavy atom. The van der Waals surface area contributed by atoms with Crippen LogP contribution in [0, 0.1) is 5.92 Å². The van der Waals surface area contributed by atoms with Gasteiger partial charge in [-0.3, -0.25) is 4.68 Å². The van der Waals surface area contributed by atoms with Crippen molar-refractivity contribution >= 4 is 0 Å². The molecule has 2 aromatic rings. The van der Waals surface area contributed by atoms with Crippen molar-refractivity contribution in [2.24, 2.45) is 11.7 Å². The smallest absolute Gasteiger partial charge is 0.0949 e. The van der Waals surface area contributed by atoms with Crippen LogP contribution in [0.25, 0.3) is 0 Å². The predicted octanol–water partition coefficient (Wildman–Crippen LogP) is 0.831. The third-order valence-corrected chi connectivity index (χ3v) is 2.85. The van der Waals surface area contributed by atoms with Gasteiger partial charge < -0.3 is 10.3 Å². The van der Waals surface area contributed by atoms with E-state index in [4.69, 9.17) is 5.73 Å². The number of nitrogens with zero attached hydrogens (tertiary/aromatic N) is 5. The van der Waals surface area contributed by atoms with E-state index in [2.05, 4.69) is 33.7 Å². The molecule has 0 saturated heterocycles. The summed E-state index contributed by atoms with van der Waals surface area (Å²) in [5.74, 6) is 0.400. The zero-order valence-electron chi connectivity index (χ0n) is 10.2. The number of rotatable bonds is 5. The van der Waals surface area contributed by atoms with Crippen molar-refractivity contribution in [2.75, 3.05) is 0 Å². The lowest BCUT2D eigenvalue weighted by molar-refractivity contribution is 0.454. The van der Waals surface area contributed by atoms with E-state index in [0.717, 1.165) is 18.8 Å². The second kappa shape index (κ2) is 5.09. The summed E-state index contributed by atoms with van der Waals surface area (Å²) in [6.07, 6.45) is 7.17. The van der Waals surface area contributed by atoms with Crippen molar-refractivity contribution in [3.8, 4) is 0 Å². The van der Waals surface area contributed by atoms with Crippen molar-refractivity contribution in [1.29, 1.82) is 0 Å². The van der Waals surface area contributed by atoms with Gasteiger partial charge in [-0.25, -0.2) is 4.98 Å². The fourth-order valence-electron chi connectivity index (χ4n) is 1.70. The summed E-state index contributed by atoms with van der Waals surface area (Å²) < 4.78 is 3.87. The molecule has 0 bridgehead atoms. The van der Waals surface area contributed by atoms with Crippen LogP contribution in [0.15, 0.2) is 24.9 Å². The number of imidazole rings is 1. The molecule has 0 aromatic carbocycles. The van der Waals surface area contributed by atoms with Crippen LogP contribution < -0.4 is 5.73 Å². The monoisotopic (exact) mass is 234 g/mol. The van der Waals surface area contributed by atoms with E-state index in [1.54, 1.807) is 10.9 Å². The Hall–Kier alpha value is -1.69. The summed E-state index contributed by atoms with van der Waals surface area (Å²) in [6.45, 7) is 5.80. The number of aryl methyl sites for hydroxylation is 2. The van der Waals surface area contributed by atoms with Gasteiger partial charge in [-0.2, -0.15) is 0 Å². The van der Waals surface area contributed by atoms with E-state index in [-0.39, 0.29) is 6.04 Å². The minimum absolute atomic E-state index is 0.0215. The third-order valence-electron chi connectivity index (χ3n) is 2.85. The quantitative estimate of drug-likeness (QED) is 0.831. The molecule has 2 heterocycles. The summed E-state index contributed by atoms with van der Waals surface area (Å²) >= 11 is 0. The van der Waals surface area contributed by atoms with Crippen molar-refractivity contribution < 1.29 is 0 Å². The van der Waals surface area contributed by atoms with Crippen molar-refractivity contribution in [2.45, 2.75) is 33.0 Å². The topological polar surface area (TPSA) is 74.5 Å². The van der Waals surface area contributed by atoms with E-state index in [9.17, 15) is 0 Å². The van der Waals surface area contributed by atoms with E-state index in [0.29, 0.717) is 5.92 Å². The molecule has 0 aliphatic heterocycles. The Bertz CT molecular complexity index is 444. The second-order valence-corrected chi connectivity index (χ2v) is 4.45. The Labute approximate surface area is 100 Å². The first-order chi connectivity index (χ1) is 8.18. The standard InChI is InChI=1S/C11H18N6/c1-9(2)11(12)10-7-13-8-16(10)5-6-17-4-3-14-15-17/h3-4,7-9,11H,5-6,12H2,1-2H3. The maximum absolute atomic E-state index is 6.14. The van der Waals surface area contributed by atoms with Crippen LogP contribution in [0.4, 0.5) is 0 Å². The first kappa shape index (κ1) is 11.8. The van der Waals surface area contributed by atoms with E-state index in [1.807, 2.05) is 18.7 Å². The fourth-order valence-corrected chi connectivity index (χ4v) is 1.70. The molecule has 0 saturated carbocycles. The molecule has 2 aromatic heterocycles. The highest BCUT2D eigenvalue weighted by atomic mass is 15.4. The van der Waals surface area contributed by atoms with Crippen molar-refractivity contribution in [3.63, 3.8) is 0 Å². The van der Waals surface area contributed by atoms with Crippen LogP contribution in [-0.2, 0) is 13.1 Å². The second-order valence-electron chi connectivity index (χ2n) is 4.45. The molecule has 0 aliphatic carbocycles. The first-order valence-corrected chi connectivity index (χ1v) is 5.78. The van der Waals surface area contributed by atoms with Gasteiger partial charge in [0.2, 0.25) is 0 Å². The molecule has 1 unspecified atom stereocenters. The highest BCUT2D eigenvalue weighted by Crippen LogP contribution is 2.18. The highest BCUT2D eigenvalue weighted by Gasteiger charge is 2.14. The average Bonchev–Trinajstić information content (AvgIpc) is 2.96. The molecule has 0 spiro atoms. The van der Waals surface area contributed by atoms with Gasteiger partial charge in [-0.15, -0.1) is 5.10 Å². The summed E-state index contributed by atoms with van der Waals surface area (Å²) in [6, 6.07) is 0.0215. The number of nitrogens with two attached hydrogens (primary N) is 1. The molecule has 6 heteroatoms. The van der Waals surface area contributed by atoms with Gasteiger partial charge in [0.1, 0.15) is 0 Å². The maximum atomic E-state index is 6.14. The van der Waals surface area contributed by atoms with Crippen molar-refractivity contribution in [3.05, 3.63) is 30.6 Å². The molecule has 0 radical (unpaired) electrons. The molecule has 6 nitrogen and oxygen atoms in total. The molecule has 92 valence electrons. The van der Waals surface area contributed by atoms with Gasteiger partial charge in [-0.05, 0) is 5.92 Å². The van der Waals surface area contributed by atoms with Gasteiger partial charge in [0.05, 0.1) is 24.8 Å². The molecular formula is C11H18N6. The summed E-state index contributed by atoms with van der Waals surface area (Å²) in [5, 5.41) is 7.70. The van der Waals surface area contributed by atoms with Gasteiger partial charge in [0, 0.05) is 25.0 Å².